The van der Waals surface area contributed by atoms with E-state index in [0.717, 1.165) is 16.9 Å². The lowest BCUT2D eigenvalue weighted by atomic mass is 9.62. The Labute approximate surface area is 92.9 Å². The van der Waals surface area contributed by atoms with Gasteiger partial charge in [-0.1, -0.05) is 6.42 Å². The summed E-state index contributed by atoms with van der Waals surface area (Å²) in [5.74, 6) is -0.744. The van der Waals surface area contributed by atoms with E-state index in [2.05, 4.69) is 0 Å². The average molecular weight is 225 g/mol. The highest BCUT2D eigenvalue weighted by Crippen LogP contribution is 2.50. The highest BCUT2D eigenvalue weighted by molar-refractivity contribution is 7.10. The van der Waals surface area contributed by atoms with Crippen LogP contribution in [0, 0.1) is 12.3 Å². The van der Waals surface area contributed by atoms with Crippen LogP contribution >= 0.6 is 11.3 Å². The molecule has 1 heterocycles. The molecule has 0 radical (unpaired) electrons. The van der Waals surface area contributed by atoms with E-state index in [1.54, 1.807) is 11.3 Å². The highest BCUT2D eigenvalue weighted by atomic mass is 32.1. The first-order chi connectivity index (χ1) is 7.08. The number of carboxylic acid groups (broad SMARTS) is 1. The Balaban J connectivity index is 2.31. The molecule has 3 nitrogen and oxygen atoms in total. The van der Waals surface area contributed by atoms with Gasteiger partial charge < -0.3 is 10.8 Å². The first kappa shape index (κ1) is 10.6. The van der Waals surface area contributed by atoms with Crippen molar-refractivity contribution in [2.45, 2.75) is 32.2 Å². The topological polar surface area (TPSA) is 63.3 Å². The van der Waals surface area contributed by atoms with Crippen LogP contribution in [0.3, 0.4) is 0 Å². The summed E-state index contributed by atoms with van der Waals surface area (Å²) in [7, 11) is 0. The second-order valence-electron chi connectivity index (χ2n) is 4.22. The van der Waals surface area contributed by atoms with Crippen molar-refractivity contribution in [2.75, 3.05) is 0 Å². The zero-order chi connectivity index (χ0) is 11.1. The fourth-order valence-corrected chi connectivity index (χ4v) is 2.98. The van der Waals surface area contributed by atoms with Crippen LogP contribution in [0.4, 0.5) is 0 Å². The van der Waals surface area contributed by atoms with Crippen LogP contribution in [-0.2, 0) is 4.79 Å². The molecule has 1 aliphatic rings. The molecule has 1 aromatic heterocycles. The van der Waals surface area contributed by atoms with Crippen LogP contribution in [0.5, 0.6) is 0 Å². The lowest BCUT2D eigenvalue weighted by Gasteiger charge is -2.42. The zero-order valence-corrected chi connectivity index (χ0v) is 9.51. The molecule has 1 atom stereocenters. The van der Waals surface area contributed by atoms with Crippen molar-refractivity contribution in [1.82, 2.24) is 0 Å². The van der Waals surface area contributed by atoms with Gasteiger partial charge in [0.15, 0.2) is 0 Å². The lowest BCUT2D eigenvalue weighted by Crippen LogP contribution is -2.46. The quantitative estimate of drug-likeness (QED) is 0.829. The highest BCUT2D eigenvalue weighted by Gasteiger charge is 2.50. The number of hydrogen-bond acceptors (Lipinski definition) is 3. The van der Waals surface area contributed by atoms with Gasteiger partial charge in [-0.25, -0.2) is 0 Å². The third kappa shape index (κ3) is 1.48. The summed E-state index contributed by atoms with van der Waals surface area (Å²) in [6.45, 7) is 1.99. The molecule has 15 heavy (non-hydrogen) atoms. The van der Waals surface area contributed by atoms with E-state index in [-0.39, 0.29) is 6.04 Å². The molecule has 2 rings (SSSR count). The molecule has 1 aromatic rings. The summed E-state index contributed by atoms with van der Waals surface area (Å²) < 4.78 is 0. The Morgan fingerprint density at radius 3 is 2.67 bits per heavy atom. The lowest BCUT2D eigenvalue weighted by molar-refractivity contribution is -0.156. The van der Waals surface area contributed by atoms with E-state index in [4.69, 9.17) is 5.73 Å². The van der Waals surface area contributed by atoms with Gasteiger partial charge in [-0.15, -0.1) is 11.3 Å². The molecule has 1 aliphatic carbocycles. The summed E-state index contributed by atoms with van der Waals surface area (Å²) in [6, 6.07) is 1.60. The van der Waals surface area contributed by atoms with Crippen LogP contribution in [0.1, 0.15) is 35.7 Å². The SMILES string of the molecule is Cc1sccc1C(N)C1(C(=O)O)CCC1. The monoisotopic (exact) mass is 225 g/mol. The Morgan fingerprint density at radius 2 is 2.33 bits per heavy atom. The van der Waals surface area contributed by atoms with E-state index in [1.165, 1.54) is 0 Å². The van der Waals surface area contributed by atoms with Crippen LogP contribution in [0.25, 0.3) is 0 Å². The molecule has 1 saturated carbocycles. The van der Waals surface area contributed by atoms with Crippen LogP contribution in [-0.4, -0.2) is 11.1 Å². The van der Waals surface area contributed by atoms with Crippen molar-refractivity contribution in [3.63, 3.8) is 0 Å². The zero-order valence-electron chi connectivity index (χ0n) is 8.69. The Morgan fingerprint density at radius 1 is 1.67 bits per heavy atom. The minimum atomic E-state index is -0.744. The van der Waals surface area contributed by atoms with Crippen molar-refractivity contribution in [2.24, 2.45) is 11.1 Å². The number of thiophene rings is 1. The number of rotatable bonds is 3. The number of aryl methyl sites for hydroxylation is 1. The second kappa shape index (κ2) is 3.61. The van der Waals surface area contributed by atoms with Gasteiger partial charge in [0.05, 0.1) is 5.41 Å². The summed E-state index contributed by atoms with van der Waals surface area (Å²) >= 11 is 1.62. The van der Waals surface area contributed by atoms with Crippen LogP contribution in [0.15, 0.2) is 11.4 Å². The van der Waals surface area contributed by atoms with Crippen molar-refractivity contribution < 1.29 is 9.90 Å². The number of hydrogen-bond donors (Lipinski definition) is 2. The van der Waals surface area contributed by atoms with E-state index < -0.39 is 11.4 Å². The molecule has 0 spiro atoms. The normalized spacial score (nSPS) is 20.7. The summed E-state index contributed by atoms with van der Waals surface area (Å²) in [5.41, 5.74) is 6.41. The minimum Gasteiger partial charge on any atom is -0.481 e. The standard InChI is InChI=1S/C11H15NO2S/c1-7-8(3-6-15-7)9(12)11(10(13)14)4-2-5-11/h3,6,9H,2,4-5,12H2,1H3,(H,13,14). The number of nitrogens with two attached hydrogens (primary N) is 1. The summed E-state index contributed by atoms with van der Waals surface area (Å²) in [4.78, 5) is 12.4. The molecule has 82 valence electrons. The maximum Gasteiger partial charge on any atom is 0.311 e. The van der Waals surface area contributed by atoms with E-state index in [9.17, 15) is 9.90 Å². The van der Waals surface area contributed by atoms with Crippen LogP contribution in [0.2, 0.25) is 0 Å². The summed E-state index contributed by atoms with van der Waals surface area (Å²) in [6.07, 6.45) is 2.39. The smallest absolute Gasteiger partial charge is 0.311 e. The predicted molar refractivity (Wildman–Crippen MR) is 59.9 cm³/mol. The Bertz CT molecular complexity index is 382. The van der Waals surface area contributed by atoms with E-state index >= 15 is 0 Å². The third-order valence-electron chi connectivity index (χ3n) is 3.50. The molecule has 1 fully saturated rings. The number of carbonyl (C=O) groups is 1. The minimum absolute atomic E-state index is 0.352. The van der Waals surface area contributed by atoms with Gasteiger partial charge in [0.1, 0.15) is 0 Å². The number of aliphatic carboxylic acids is 1. The fraction of sp³-hybridized carbons (Fsp3) is 0.545. The van der Waals surface area contributed by atoms with Gasteiger partial charge in [0.25, 0.3) is 0 Å². The molecule has 0 aromatic carbocycles. The molecule has 0 amide bonds. The second-order valence-corrected chi connectivity index (χ2v) is 5.34. The largest absolute Gasteiger partial charge is 0.481 e. The fourth-order valence-electron chi connectivity index (χ4n) is 2.23. The van der Waals surface area contributed by atoms with Gasteiger partial charge in [-0.3, -0.25) is 4.79 Å². The first-order valence-electron chi connectivity index (χ1n) is 5.11. The summed E-state index contributed by atoms with van der Waals surface area (Å²) in [5, 5.41) is 11.2. The maximum atomic E-state index is 11.3. The van der Waals surface area contributed by atoms with Gasteiger partial charge in [-0.2, -0.15) is 0 Å². The van der Waals surface area contributed by atoms with Gasteiger partial charge in [0.2, 0.25) is 0 Å². The van der Waals surface area contributed by atoms with E-state index in [1.807, 2.05) is 18.4 Å². The Kier molecular flexibility index (Phi) is 2.56. The third-order valence-corrected chi connectivity index (χ3v) is 4.36. The molecule has 3 N–H and O–H groups in total. The number of carboxylic acids is 1. The molecule has 0 aliphatic heterocycles. The molecular formula is C11H15NO2S. The van der Waals surface area contributed by atoms with Crippen molar-refractivity contribution in [3.05, 3.63) is 21.9 Å². The van der Waals surface area contributed by atoms with Crippen LogP contribution < -0.4 is 5.73 Å². The van der Waals surface area contributed by atoms with Gasteiger partial charge in [0, 0.05) is 10.9 Å². The van der Waals surface area contributed by atoms with E-state index in [0.29, 0.717) is 12.8 Å². The Hall–Kier alpha value is -0.870. The molecule has 0 saturated heterocycles. The van der Waals surface area contributed by atoms with Crippen molar-refractivity contribution in [1.29, 1.82) is 0 Å². The molecular weight excluding hydrogens is 210 g/mol. The van der Waals surface area contributed by atoms with Crippen molar-refractivity contribution in [3.8, 4) is 0 Å². The maximum absolute atomic E-state index is 11.3. The first-order valence-corrected chi connectivity index (χ1v) is 5.99. The van der Waals surface area contributed by atoms with Gasteiger partial charge >= 0.3 is 5.97 Å². The average Bonchev–Trinajstić information content (AvgIpc) is 2.48. The van der Waals surface area contributed by atoms with Crippen molar-refractivity contribution >= 4 is 17.3 Å². The molecule has 0 bridgehead atoms. The molecule has 4 heteroatoms. The predicted octanol–water partition coefficient (Wildman–Crippen LogP) is 2.31. The van der Waals surface area contributed by atoms with Gasteiger partial charge in [-0.05, 0) is 36.8 Å². The molecule has 1 unspecified atom stereocenters.